The molecule has 1 fully saturated rings. The average molecular weight is 272 g/mol. The van der Waals surface area contributed by atoms with E-state index in [1.165, 1.54) is 4.90 Å². The molecule has 1 aliphatic rings. The number of hydrogen-bond acceptors (Lipinski definition) is 4. The Bertz CT molecular complexity index is 368. The van der Waals surface area contributed by atoms with Crippen LogP contribution in [-0.2, 0) is 4.74 Å². The average Bonchev–Trinajstić information content (AvgIpc) is 2.61. The number of rotatable bonds is 2. The Morgan fingerprint density at radius 3 is 3.00 bits per heavy atom. The lowest BCUT2D eigenvalue weighted by Gasteiger charge is -2.10. The summed E-state index contributed by atoms with van der Waals surface area (Å²) in [5.41, 5.74) is 5.43. The quantitative estimate of drug-likeness (QED) is 0.876. The van der Waals surface area contributed by atoms with E-state index < -0.39 is 0 Å². The first-order valence-corrected chi connectivity index (χ1v) is 5.30. The van der Waals surface area contributed by atoms with Gasteiger partial charge in [-0.05, 0) is 28.1 Å². The molecule has 0 spiro atoms. The van der Waals surface area contributed by atoms with Crippen LogP contribution in [-0.4, -0.2) is 30.3 Å². The van der Waals surface area contributed by atoms with E-state index in [0.717, 1.165) is 4.47 Å². The second kappa shape index (κ2) is 4.16. The van der Waals surface area contributed by atoms with Crippen molar-refractivity contribution in [2.45, 2.75) is 6.10 Å². The maximum atomic E-state index is 11.4. The predicted octanol–water partition coefficient (Wildman–Crippen LogP) is 1.13. The van der Waals surface area contributed by atoms with E-state index in [9.17, 15) is 4.79 Å². The van der Waals surface area contributed by atoms with Crippen molar-refractivity contribution in [3.05, 3.63) is 22.8 Å². The Kier molecular flexibility index (Phi) is 2.88. The van der Waals surface area contributed by atoms with Gasteiger partial charge in [0.1, 0.15) is 11.9 Å². The number of amides is 1. The fourth-order valence-corrected chi connectivity index (χ4v) is 1.59. The van der Waals surface area contributed by atoms with Crippen LogP contribution in [0.25, 0.3) is 0 Å². The van der Waals surface area contributed by atoms with Crippen LogP contribution in [0.2, 0.25) is 0 Å². The Morgan fingerprint density at radius 1 is 1.67 bits per heavy atom. The van der Waals surface area contributed by atoms with E-state index in [2.05, 4.69) is 20.9 Å². The van der Waals surface area contributed by atoms with Gasteiger partial charge >= 0.3 is 6.09 Å². The zero-order valence-electron chi connectivity index (χ0n) is 7.89. The molecule has 80 valence electrons. The molecule has 0 unspecified atom stereocenters. The third kappa shape index (κ3) is 2.10. The molecule has 6 heteroatoms. The van der Waals surface area contributed by atoms with Gasteiger partial charge in [0.05, 0.1) is 6.54 Å². The first kappa shape index (κ1) is 10.4. The number of nitrogens with zero attached hydrogens (tertiary/aromatic N) is 2. The van der Waals surface area contributed by atoms with Crippen LogP contribution in [0.3, 0.4) is 0 Å². The Labute approximate surface area is 95.3 Å². The largest absolute Gasteiger partial charge is 0.443 e. The molecular formula is C9H10BrN3O2. The lowest BCUT2D eigenvalue weighted by Crippen LogP contribution is -2.27. The molecule has 15 heavy (non-hydrogen) atoms. The minimum Gasteiger partial charge on any atom is -0.443 e. The highest BCUT2D eigenvalue weighted by atomic mass is 79.9. The Balaban J connectivity index is 2.18. The highest BCUT2D eigenvalue weighted by Crippen LogP contribution is 2.20. The van der Waals surface area contributed by atoms with Gasteiger partial charge in [-0.25, -0.2) is 9.78 Å². The number of halogens is 1. The molecule has 1 aromatic heterocycles. The van der Waals surface area contributed by atoms with Gasteiger partial charge in [0, 0.05) is 17.2 Å². The van der Waals surface area contributed by atoms with Crippen molar-refractivity contribution < 1.29 is 9.53 Å². The zero-order valence-corrected chi connectivity index (χ0v) is 9.48. The normalized spacial score (nSPS) is 20.5. The first-order valence-electron chi connectivity index (χ1n) is 4.50. The fraction of sp³-hybridized carbons (Fsp3) is 0.333. The second-order valence-corrected chi connectivity index (χ2v) is 4.10. The van der Waals surface area contributed by atoms with Crippen molar-refractivity contribution in [2.75, 3.05) is 18.0 Å². The Hall–Kier alpha value is -1.14. The van der Waals surface area contributed by atoms with E-state index in [0.29, 0.717) is 18.9 Å². The molecule has 2 rings (SSSR count). The number of anilines is 1. The number of carbonyl (C=O) groups excluding carboxylic acids is 1. The predicted molar refractivity (Wildman–Crippen MR) is 58.6 cm³/mol. The summed E-state index contributed by atoms with van der Waals surface area (Å²) in [7, 11) is 0. The van der Waals surface area contributed by atoms with Gasteiger partial charge in [0.25, 0.3) is 0 Å². The monoisotopic (exact) mass is 271 g/mol. The number of ether oxygens (including phenoxy) is 1. The Morgan fingerprint density at radius 2 is 2.47 bits per heavy atom. The van der Waals surface area contributed by atoms with Gasteiger partial charge < -0.3 is 10.5 Å². The zero-order chi connectivity index (χ0) is 10.8. The van der Waals surface area contributed by atoms with Crippen LogP contribution in [0.4, 0.5) is 10.6 Å². The van der Waals surface area contributed by atoms with Crippen molar-refractivity contribution in [3.63, 3.8) is 0 Å². The molecule has 1 amide bonds. The van der Waals surface area contributed by atoms with Gasteiger partial charge in [-0.3, -0.25) is 4.90 Å². The summed E-state index contributed by atoms with van der Waals surface area (Å²) in [5.74, 6) is 0.583. The van der Waals surface area contributed by atoms with Crippen molar-refractivity contribution in [3.8, 4) is 0 Å². The van der Waals surface area contributed by atoms with Crippen LogP contribution < -0.4 is 10.6 Å². The van der Waals surface area contributed by atoms with E-state index in [1.807, 2.05) is 6.07 Å². The van der Waals surface area contributed by atoms with Crippen molar-refractivity contribution in [2.24, 2.45) is 5.73 Å². The summed E-state index contributed by atoms with van der Waals surface area (Å²) in [6.07, 6.45) is 1.02. The molecule has 5 nitrogen and oxygen atoms in total. The summed E-state index contributed by atoms with van der Waals surface area (Å²) in [4.78, 5) is 17.0. The molecule has 1 aromatic rings. The number of hydrogen-bond donors (Lipinski definition) is 1. The molecule has 0 bridgehead atoms. The summed E-state index contributed by atoms with van der Waals surface area (Å²) in [6.45, 7) is 0.794. The summed E-state index contributed by atoms with van der Waals surface area (Å²) >= 11 is 3.28. The van der Waals surface area contributed by atoms with Gasteiger partial charge in [-0.1, -0.05) is 0 Å². The third-order valence-corrected chi connectivity index (χ3v) is 2.59. The van der Waals surface area contributed by atoms with Crippen LogP contribution in [0, 0.1) is 0 Å². The van der Waals surface area contributed by atoms with Crippen LogP contribution in [0.1, 0.15) is 0 Å². The first-order chi connectivity index (χ1) is 7.20. The lowest BCUT2D eigenvalue weighted by molar-refractivity contribution is 0.145. The minimum atomic E-state index is -0.389. The molecule has 0 aliphatic carbocycles. The topological polar surface area (TPSA) is 68.5 Å². The molecule has 0 saturated carbocycles. The van der Waals surface area contributed by atoms with Crippen molar-refractivity contribution in [1.82, 2.24) is 4.98 Å². The van der Waals surface area contributed by atoms with Crippen molar-refractivity contribution >= 4 is 27.8 Å². The van der Waals surface area contributed by atoms with Gasteiger partial charge in [-0.2, -0.15) is 0 Å². The van der Waals surface area contributed by atoms with Crippen LogP contribution in [0.15, 0.2) is 22.8 Å². The van der Waals surface area contributed by atoms with Crippen LogP contribution >= 0.6 is 15.9 Å². The van der Waals surface area contributed by atoms with E-state index in [1.54, 1.807) is 12.3 Å². The summed E-state index contributed by atoms with van der Waals surface area (Å²) in [6, 6.07) is 3.58. The molecule has 0 radical (unpaired) electrons. The maximum Gasteiger partial charge on any atom is 0.415 e. The fourth-order valence-electron chi connectivity index (χ4n) is 1.36. The number of carbonyl (C=O) groups is 1. The second-order valence-electron chi connectivity index (χ2n) is 3.19. The van der Waals surface area contributed by atoms with E-state index in [4.69, 9.17) is 10.5 Å². The molecular weight excluding hydrogens is 262 g/mol. The molecule has 2 heterocycles. The number of aromatic nitrogens is 1. The maximum absolute atomic E-state index is 11.4. The number of pyridine rings is 1. The molecule has 1 atom stereocenters. The van der Waals surface area contributed by atoms with Crippen molar-refractivity contribution in [1.29, 1.82) is 0 Å². The number of cyclic esters (lactones) is 1. The summed E-state index contributed by atoms with van der Waals surface area (Å²) < 4.78 is 5.89. The SMILES string of the molecule is NC[C@@H]1CN(c2ccc(Br)cn2)C(=O)O1. The minimum absolute atomic E-state index is 0.233. The summed E-state index contributed by atoms with van der Waals surface area (Å²) in [5, 5.41) is 0. The standard InChI is InChI=1S/C9H10BrN3O2/c10-6-1-2-8(12-4-6)13-5-7(3-11)15-9(13)14/h1-2,4,7H,3,5,11H2/t7-/m1/s1. The van der Waals surface area contributed by atoms with E-state index >= 15 is 0 Å². The number of nitrogens with two attached hydrogens (primary N) is 1. The molecule has 1 aliphatic heterocycles. The molecule has 1 saturated heterocycles. The van der Waals surface area contributed by atoms with Gasteiger partial charge in [0.2, 0.25) is 0 Å². The molecule has 2 N–H and O–H groups in total. The van der Waals surface area contributed by atoms with Gasteiger partial charge in [0.15, 0.2) is 0 Å². The smallest absolute Gasteiger partial charge is 0.415 e. The third-order valence-electron chi connectivity index (χ3n) is 2.13. The van der Waals surface area contributed by atoms with E-state index in [-0.39, 0.29) is 12.2 Å². The highest BCUT2D eigenvalue weighted by Gasteiger charge is 2.31. The molecule has 0 aromatic carbocycles. The van der Waals surface area contributed by atoms with Crippen LogP contribution in [0.5, 0.6) is 0 Å². The van der Waals surface area contributed by atoms with Gasteiger partial charge in [-0.15, -0.1) is 0 Å². The highest BCUT2D eigenvalue weighted by molar-refractivity contribution is 9.10. The lowest BCUT2D eigenvalue weighted by atomic mass is 10.3.